The van der Waals surface area contributed by atoms with Gasteiger partial charge in [-0.1, -0.05) is 79.6 Å². The highest BCUT2D eigenvalue weighted by Crippen LogP contribution is 2.69. The van der Waals surface area contributed by atoms with Gasteiger partial charge >= 0.3 is 5.97 Å². The first kappa shape index (κ1) is 36.2. The van der Waals surface area contributed by atoms with Gasteiger partial charge in [-0.2, -0.15) is 0 Å². The molecule has 0 radical (unpaired) electrons. The normalized spacial score (nSPS) is 41.1. The number of unbranched alkanes of at least 4 members (excludes halogenated alkanes) is 6. The molecular weight excluding hydrogens is 552 g/mol. The summed E-state index contributed by atoms with van der Waals surface area (Å²) < 4.78 is 5.54. The fourth-order valence-electron chi connectivity index (χ4n) is 10.9. The minimum atomic E-state index is -1.18. The van der Waals surface area contributed by atoms with Crippen LogP contribution >= 0.6 is 0 Å². The Balaban J connectivity index is 1.26. The molecule has 0 unspecified atom stereocenters. The Labute approximate surface area is 269 Å². The van der Waals surface area contributed by atoms with Crippen molar-refractivity contribution in [3.63, 3.8) is 0 Å². The second-order valence-corrected chi connectivity index (χ2v) is 16.9. The second-order valence-electron chi connectivity index (χ2n) is 16.9. The first-order valence-electron chi connectivity index (χ1n) is 18.7. The number of aliphatic hydroxyl groups is 4. The molecule has 4 fully saturated rings. The molecule has 0 bridgehead atoms. The third-order valence-electron chi connectivity index (χ3n) is 14.2. The number of hydrogen-bond acceptors (Lipinski definition) is 6. The molecule has 6 nitrogen and oxygen atoms in total. The average Bonchev–Trinajstić information content (AvgIpc) is 3.33. The zero-order valence-corrected chi connectivity index (χ0v) is 29.2. The molecular formula is C38H68O6. The van der Waals surface area contributed by atoms with E-state index in [9.17, 15) is 25.2 Å². The van der Waals surface area contributed by atoms with Gasteiger partial charge in [0, 0.05) is 18.3 Å². The summed E-state index contributed by atoms with van der Waals surface area (Å²) in [6.45, 7) is 13.3. The Hall–Kier alpha value is -0.690. The van der Waals surface area contributed by atoms with Crippen LogP contribution in [0.25, 0.3) is 0 Å². The van der Waals surface area contributed by atoms with Gasteiger partial charge in [0.1, 0.15) is 6.61 Å². The molecule has 0 saturated heterocycles. The molecule has 44 heavy (non-hydrogen) atoms. The van der Waals surface area contributed by atoms with Crippen LogP contribution in [0.5, 0.6) is 0 Å². The van der Waals surface area contributed by atoms with Crippen molar-refractivity contribution in [1.29, 1.82) is 0 Å². The molecule has 0 heterocycles. The van der Waals surface area contributed by atoms with Crippen molar-refractivity contribution in [3.8, 4) is 0 Å². The lowest BCUT2D eigenvalue weighted by Gasteiger charge is -2.65. The lowest BCUT2D eigenvalue weighted by atomic mass is 9.42. The topological polar surface area (TPSA) is 107 Å². The molecule has 12 atom stereocenters. The quantitative estimate of drug-likeness (QED) is 0.111. The maximum absolute atomic E-state index is 12.3. The molecule has 4 saturated carbocycles. The van der Waals surface area contributed by atoms with Gasteiger partial charge in [0.2, 0.25) is 0 Å². The van der Waals surface area contributed by atoms with Crippen LogP contribution in [0.3, 0.4) is 0 Å². The van der Waals surface area contributed by atoms with Crippen LogP contribution in [0.2, 0.25) is 0 Å². The summed E-state index contributed by atoms with van der Waals surface area (Å²) in [5, 5.41) is 44.7. The molecule has 0 aromatic heterocycles. The van der Waals surface area contributed by atoms with Crippen LogP contribution in [0.4, 0.5) is 0 Å². The Morgan fingerprint density at radius 1 is 0.932 bits per heavy atom. The predicted octanol–water partition coefficient (Wildman–Crippen LogP) is 7.58. The summed E-state index contributed by atoms with van der Waals surface area (Å²) in [6, 6.07) is 0. The average molecular weight is 621 g/mol. The molecule has 4 rings (SSSR count). The number of rotatable bonds is 15. The smallest absolute Gasteiger partial charge is 0.305 e. The van der Waals surface area contributed by atoms with Crippen molar-refractivity contribution in [2.45, 2.75) is 181 Å². The van der Waals surface area contributed by atoms with Crippen molar-refractivity contribution >= 4 is 5.97 Å². The summed E-state index contributed by atoms with van der Waals surface area (Å²) in [5.41, 5.74) is -2.32. The standard InChI is InChI=1S/C38H68O6/c1-7-8-9-10-11-12-13-14-34(41)44-25-37(6,42)27(3)16-15-26(2)30-17-18-31-29-23-33(40)38(43)24-28(39)19-22-36(38,5)32(29)20-21-35(30,31)4/h26-33,39-40,42-43H,7-25H2,1-6H3/t26-,27+,28+,29+,30-,31+,32+,33-,35-,36-,37-,38+/m1/s1. The predicted molar refractivity (Wildman–Crippen MR) is 176 cm³/mol. The zero-order chi connectivity index (χ0) is 32.3. The maximum atomic E-state index is 12.3. The largest absolute Gasteiger partial charge is 0.463 e. The highest BCUT2D eigenvalue weighted by Gasteiger charge is 2.67. The van der Waals surface area contributed by atoms with Crippen LogP contribution in [-0.2, 0) is 9.53 Å². The highest BCUT2D eigenvalue weighted by atomic mass is 16.5. The van der Waals surface area contributed by atoms with Crippen LogP contribution in [0.1, 0.15) is 157 Å². The van der Waals surface area contributed by atoms with Crippen molar-refractivity contribution in [1.82, 2.24) is 0 Å². The fourth-order valence-corrected chi connectivity index (χ4v) is 10.9. The minimum Gasteiger partial charge on any atom is -0.463 e. The summed E-state index contributed by atoms with van der Waals surface area (Å²) in [7, 11) is 0. The van der Waals surface area contributed by atoms with E-state index in [0.29, 0.717) is 48.9 Å². The Bertz CT molecular complexity index is 936. The van der Waals surface area contributed by atoms with Gasteiger partial charge in [-0.25, -0.2) is 0 Å². The van der Waals surface area contributed by atoms with E-state index >= 15 is 0 Å². The monoisotopic (exact) mass is 621 g/mol. The molecule has 0 amide bonds. The summed E-state index contributed by atoms with van der Waals surface area (Å²) in [4.78, 5) is 12.3. The molecule has 6 heteroatoms. The van der Waals surface area contributed by atoms with Gasteiger partial charge < -0.3 is 25.2 Å². The van der Waals surface area contributed by atoms with E-state index in [1.165, 1.54) is 51.4 Å². The number of esters is 1. The summed E-state index contributed by atoms with van der Waals surface area (Å²) in [5.74, 6) is 2.38. The molecule has 0 spiro atoms. The molecule has 0 aromatic rings. The van der Waals surface area contributed by atoms with Crippen molar-refractivity contribution in [2.75, 3.05) is 6.61 Å². The van der Waals surface area contributed by atoms with Crippen molar-refractivity contribution in [2.24, 2.45) is 46.3 Å². The fraction of sp³-hybridized carbons (Fsp3) is 0.974. The molecule has 256 valence electrons. The van der Waals surface area contributed by atoms with E-state index in [1.54, 1.807) is 0 Å². The van der Waals surface area contributed by atoms with E-state index < -0.39 is 23.4 Å². The summed E-state index contributed by atoms with van der Waals surface area (Å²) >= 11 is 0. The third-order valence-corrected chi connectivity index (χ3v) is 14.2. The Kier molecular flexibility index (Phi) is 12.0. The maximum Gasteiger partial charge on any atom is 0.305 e. The van der Waals surface area contributed by atoms with Gasteiger partial charge in [-0.05, 0) is 106 Å². The highest BCUT2D eigenvalue weighted by molar-refractivity contribution is 5.69. The SMILES string of the molecule is CCCCCCCCCC(=O)OC[C@@](C)(O)[C@@H](C)CC[C@@H](C)[C@H]1CC[C@H]2[C@@H]3C[C@@H](O)[C@@]4(O)C[C@@H](O)CC[C@]4(C)[C@H]3CC[C@]12C. The van der Waals surface area contributed by atoms with E-state index in [-0.39, 0.29) is 29.3 Å². The number of hydrogen-bond donors (Lipinski definition) is 4. The first-order chi connectivity index (χ1) is 20.7. The molecule has 4 aliphatic rings. The number of carbonyl (C=O) groups excluding carboxylic acids is 1. The first-order valence-corrected chi connectivity index (χ1v) is 18.7. The lowest BCUT2D eigenvalue weighted by molar-refractivity contribution is -0.264. The van der Waals surface area contributed by atoms with Crippen LogP contribution in [0.15, 0.2) is 0 Å². The Morgan fingerprint density at radius 3 is 2.32 bits per heavy atom. The molecule has 4 N–H and O–H groups in total. The summed E-state index contributed by atoms with van der Waals surface area (Å²) in [6.07, 6.45) is 16.4. The number of aliphatic hydroxyl groups excluding tert-OH is 2. The van der Waals surface area contributed by atoms with Crippen molar-refractivity contribution < 1.29 is 30.0 Å². The van der Waals surface area contributed by atoms with Crippen LogP contribution < -0.4 is 0 Å². The third kappa shape index (κ3) is 7.24. The Morgan fingerprint density at radius 2 is 1.61 bits per heavy atom. The van der Waals surface area contributed by atoms with Crippen molar-refractivity contribution in [3.05, 3.63) is 0 Å². The number of carbonyl (C=O) groups is 1. The zero-order valence-electron chi connectivity index (χ0n) is 29.2. The molecule has 0 aliphatic heterocycles. The van der Waals surface area contributed by atoms with E-state index in [2.05, 4.69) is 34.6 Å². The van der Waals surface area contributed by atoms with E-state index in [1.807, 2.05) is 6.92 Å². The lowest BCUT2D eigenvalue weighted by Crippen LogP contribution is -2.68. The van der Waals surface area contributed by atoms with Crippen LogP contribution in [-0.4, -0.2) is 56.4 Å². The molecule has 4 aliphatic carbocycles. The van der Waals surface area contributed by atoms with Gasteiger partial charge in [-0.15, -0.1) is 0 Å². The molecule has 0 aromatic carbocycles. The van der Waals surface area contributed by atoms with E-state index in [0.717, 1.165) is 44.9 Å². The van der Waals surface area contributed by atoms with Gasteiger partial charge in [0.25, 0.3) is 0 Å². The second kappa shape index (κ2) is 14.6. The van der Waals surface area contributed by atoms with Crippen LogP contribution in [0, 0.1) is 46.3 Å². The van der Waals surface area contributed by atoms with E-state index in [4.69, 9.17) is 4.74 Å². The van der Waals surface area contributed by atoms with Gasteiger partial charge in [-0.3, -0.25) is 4.79 Å². The minimum absolute atomic E-state index is 0.0322. The number of ether oxygens (including phenoxy) is 1. The number of fused-ring (bicyclic) bond motifs is 5. The van der Waals surface area contributed by atoms with Gasteiger partial charge in [0.05, 0.1) is 23.4 Å². The van der Waals surface area contributed by atoms with Gasteiger partial charge in [0.15, 0.2) is 0 Å².